The van der Waals surface area contributed by atoms with Crippen molar-refractivity contribution in [3.63, 3.8) is 0 Å². The van der Waals surface area contributed by atoms with E-state index in [9.17, 15) is 0 Å². The van der Waals surface area contributed by atoms with Crippen molar-refractivity contribution in [2.45, 2.75) is 50.9 Å². The zero-order valence-electron chi connectivity index (χ0n) is 12.5. The van der Waals surface area contributed by atoms with Crippen LogP contribution in [0.15, 0.2) is 24.3 Å². The van der Waals surface area contributed by atoms with E-state index < -0.39 is 5.60 Å². The first-order valence-electron chi connectivity index (χ1n) is 7.22. The van der Waals surface area contributed by atoms with Gasteiger partial charge in [-0.2, -0.15) is 0 Å². The zero-order valence-corrected chi connectivity index (χ0v) is 14.1. The van der Waals surface area contributed by atoms with E-state index in [4.69, 9.17) is 39.0 Å². The minimum absolute atomic E-state index is 0.306. The molecule has 1 aliphatic heterocycles. The maximum atomic E-state index is 6.19. The highest BCUT2D eigenvalue weighted by atomic mass is 35.5. The summed E-state index contributed by atoms with van der Waals surface area (Å²) in [5.41, 5.74) is 5.96. The fraction of sp³-hybridized carbons (Fsp3) is 0.562. The van der Waals surface area contributed by atoms with E-state index in [2.05, 4.69) is 6.92 Å². The quantitative estimate of drug-likeness (QED) is 0.806. The Balaban J connectivity index is 1.95. The van der Waals surface area contributed by atoms with Crippen LogP contribution in [-0.2, 0) is 16.1 Å². The van der Waals surface area contributed by atoms with Crippen molar-refractivity contribution in [2.75, 3.05) is 6.61 Å². The van der Waals surface area contributed by atoms with Crippen LogP contribution in [0, 0.1) is 0 Å². The number of halogens is 1. The lowest BCUT2D eigenvalue weighted by Gasteiger charge is -2.32. The van der Waals surface area contributed by atoms with E-state index in [0.29, 0.717) is 18.2 Å². The van der Waals surface area contributed by atoms with Gasteiger partial charge in [-0.25, -0.2) is 0 Å². The predicted molar refractivity (Wildman–Crippen MR) is 89.6 cm³/mol. The zero-order chi connectivity index (χ0) is 15.5. The number of benzene rings is 1. The molecular weight excluding hydrogens is 306 g/mol. The summed E-state index contributed by atoms with van der Waals surface area (Å²) >= 11 is 11.3. The lowest BCUT2D eigenvalue weighted by Crippen LogP contribution is -2.44. The molecule has 1 fully saturated rings. The number of hydrogen-bond donors (Lipinski definition) is 1. The average molecular weight is 328 g/mol. The molecule has 0 spiro atoms. The van der Waals surface area contributed by atoms with E-state index in [1.807, 2.05) is 31.2 Å². The number of hydrogen-bond acceptors (Lipinski definition) is 3. The number of ether oxygens (including phenoxy) is 2. The second kappa shape index (κ2) is 6.61. The molecule has 2 atom stereocenters. The van der Waals surface area contributed by atoms with Crippen molar-refractivity contribution in [1.82, 2.24) is 0 Å². The van der Waals surface area contributed by atoms with Crippen LogP contribution in [0.25, 0.3) is 0 Å². The highest BCUT2D eigenvalue weighted by Crippen LogP contribution is 2.40. The highest BCUT2D eigenvalue weighted by molar-refractivity contribution is 7.80. The lowest BCUT2D eigenvalue weighted by atomic mass is 9.95. The van der Waals surface area contributed by atoms with Gasteiger partial charge in [0.05, 0.1) is 18.8 Å². The molecule has 1 aromatic rings. The van der Waals surface area contributed by atoms with Gasteiger partial charge >= 0.3 is 0 Å². The van der Waals surface area contributed by atoms with E-state index in [0.717, 1.165) is 29.8 Å². The highest BCUT2D eigenvalue weighted by Gasteiger charge is 2.47. The van der Waals surface area contributed by atoms with Gasteiger partial charge in [0.15, 0.2) is 0 Å². The van der Waals surface area contributed by atoms with Crippen molar-refractivity contribution in [1.29, 1.82) is 0 Å². The molecular formula is C16H22ClNO2S. The van der Waals surface area contributed by atoms with Gasteiger partial charge in [0.25, 0.3) is 0 Å². The smallest absolute Gasteiger partial charge is 0.116 e. The molecule has 116 valence electrons. The number of rotatable bonds is 6. The largest absolute Gasteiger partial charge is 0.391 e. The third-order valence-electron chi connectivity index (χ3n) is 4.25. The molecule has 1 saturated heterocycles. The molecule has 0 radical (unpaired) electrons. The molecule has 0 amide bonds. The van der Waals surface area contributed by atoms with Gasteiger partial charge in [-0.1, -0.05) is 48.9 Å². The van der Waals surface area contributed by atoms with E-state index >= 15 is 0 Å². The third kappa shape index (κ3) is 3.75. The summed E-state index contributed by atoms with van der Waals surface area (Å²) < 4.78 is 12.0. The second-order valence-corrected chi connectivity index (χ2v) is 6.66. The molecule has 2 N–H and O–H groups in total. The van der Waals surface area contributed by atoms with Crippen molar-refractivity contribution < 1.29 is 9.47 Å². The normalized spacial score (nSPS) is 28.7. The van der Waals surface area contributed by atoms with Crippen molar-refractivity contribution in [2.24, 2.45) is 5.73 Å². The topological polar surface area (TPSA) is 44.5 Å². The van der Waals surface area contributed by atoms with Crippen molar-refractivity contribution in [3.05, 3.63) is 34.9 Å². The van der Waals surface area contributed by atoms with Gasteiger partial charge in [0.1, 0.15) is 10.6 Å². The number of nitrogens with two attached hydrogens (primary N) is 1. The summed E-state index contributed by atoms with van der Waals surface area (Å²) in [6.45, 7) is 5.06. The van der Waals surface area contributed by atoms with E-state index in [1.165, 1.54) is 0 Å². The Hall–Kier alpha value is -0.680. The van der Waals surface area contributed by atoms with Crippen LogP contribution in [0.4, 0.5) is 0 Å². The van der Waals surface area contributed by atoms with Gasteiger partial charge in [0.2, 0.25) is 0 Å². The van der Waals surface area contributed by atoms with E-state index in [1.54, 1.807) is 0 Å². The Morgan fingerprint density at radius 1 is 1.43 bits per heavy atom. The van der Waals surface area contributed by atoms with Crippen LogP contribution in [-0.4, -0.2) is 22.8 Å². The summed E-state index contributed by atoms with van der Waals surface area (Å²) in [4.78, 5) is 0.420. The monoisotopic (exact) mass is 327 g/mol. The van der Waals surface area contributed by atoms with Crippen LogP contribution >= 0.6 is 23.8 Å². The Kier molecular flexibility index (Phi) is 5.25. The van der Waals surface area contributed by atoms with Gasteiger partial charge in [-0.3, -0.25) is 0 Å². The van der Waals surface area contributed by atoms with Gasteiger partial charge in [-0.05, 0) is 37.8 Å². The van der Waals surface area contributed by atoms with Crippen molar-refractivity contribution in [3.8, 4) is 0 Å². The van der Waals surface area contributed by atoms with Gasteiger partial charge in [-0.15, -0.1) is 0 Å². The van der Waals surface area contributed by atoms with Crippen LogP contribution in [0.5, 0.6) is 0 Å². The summed E-state index contributed by atoms with van der Waals surface area (Å²) in [5, 5.41) is 0.725. The first-order chi connectivity index (χ1) is 9.91. The lowest BCUT2D eigenvalue weighted by molar-refractivity contribution is -0.109. The van der Waals surface area contributed by atoms with Gasteiger partial charge < -0.3 is 15.2 Å². The van der Waals surface area contributed by atoms with Crippen molar-refractivity contribution >= 4 is 28.8 Å². The van der Waals surface area contributed by atoms with Crippen LogP contribution in [0.3, 0.4) is 0 Å². The van der Waals surface area contributed by atoms with Crippen LogP contribution in [0.2, 0.25) is 5.02 Å². The molecule has 5 heteroatoms. The summed E-state index contributed by atoms with van der Waals surface area (Å²) in [6.07, 6.45) is 2.61. The molecule has 0 saturated carbocycles. The second-order valence-electron chi connectivity index (χ2n) is 5.82. The molecule has 1 heterocycles. The fourth-order valence-electron chi connectivity index (χ4n) is 2.63. The Morgan fingerprint density at radius 2 is 2.14 bits per heavy atom. The first kappa shape index (κ1) is 16.7. The first-order valence-corrected chi connectivity index (χ1v) is 8.01. The summed E-state index contributed by atoms with van der Waals surface area (Å²) in [7, 11) is 0. The molecule has 21 heavy (non-hydrogen) atoms. The molecule has 1 aromatic carbocycles. The Morgan fingerprint density at radius 3 is 2.71 bits per heavy atom. The molecule has 2 rings (SSSR count). The molecule has 2 unspecified atom stereocenters. The Labute approximate surface area is 136 Å². The SMILES string of the molecule is CCC1(COCc2ccccc2Cl)CCC(C)(C(N)=S)O1. The molecule has 0 aliphatic carbocycles. The maximum absolute atomic E-state index is 6.19. The third-order valence-corrected chi connectivity index (χ3v) is 5.05. The number of thiocarbonyl (C=S) groups is 1. The van der Waals surface area contributed by atoms with Gasteiger partial charge in [0, 0.05) is 5.02 Å². The van der Waals surface area contributed by atoms with Crippen LogP contribution < -0.4 is 5.73 Å². The minimum Gasteiger partial charge on any atom is -0.391 e. The molecule has 3 nitrogen and oxygen atoms in total. The predicted octanol–water partition coefficient (Wildman–Crippen LogP) is 3.86. The molecule has 0 aromatic heterocycles. The minimum atomic E-state index is -0.515. The standard InChI is InChI=1S/C16H22ClNO2S/c1-3-16(9-8-15(2,20-16)14(18)21)11-19-10-12-6-4-5-7-13(12)17/h4-7H,3,8-11H2,1-2H3,(H2,18,21). The molecule has 0 bridgehead atoms. The summed E-state index contributed by atoms with van der Waals surface area (Å²) in [5.74, 6) is 0. The van der Waals surface area contributed by atoms with Crippen LogP contribution in [0.1, 0.15) is 38.7 Å². The van der Waals surface area contributed by atoms with E-state index in [-0.39, 0.29) is 5.60 Å². The average Bonchev–Trinajstić information content (AvgIpc) is 2.81. The fourth-order valence-corrected chi connectivity index (χ4v) is 2.97. The molecule has 1 aliphatic rings. The summed E-state index contributed by atoms with van der Waals surface area (Å²) in [6, 6.07) is 7.70. The Bertz CT molecular complexity index is 525. The maximum Gasteiger partial charge on any atom is 0.116 e.